The predicted octanol–water partition coefficient (Wildman–Crippen LogP) is -4.81. The van der Waals surface area contributed by atoms with Crippen LogP contribution in [0.2, 0.25) is 0 Å². The number of aldehydes is 1. The van der Waals surface area contributed by atoms with Gasteiger partial charge in [-0.05, 0) is 0 Å². The van der Waals surface area contributed by atoms with E-state index in [0.29, 0.717) is 52.4 Å². The Labute approximate surface area is 171 Å². The Balaban J connectivity index is 2.98. The molecule has 0 radical (unpaired) electrons. The van der Waals surface area contributed by atoms with Crippen LogP contribution in [0.4, 0.5) is 0 Å². The van der Waals surface area contributed by atoms with Crippen molar-refractivity contribution in [3.63, 3.8) is 0 Å². The smallest absolute Gasteiger partial charge is 0.231 e. The van der Waals surface area contributed by atoms with E-state index in [1.54, 1.807) is 0 Å². The molecule has 166 valence electrons. The summed E-state index contributed by atoms with van der Waals surface area (Å²) in [6, 6.07) is -0.463. The molecule has 0 saturated carbocycles. The molecule has 1 aliphatic heterocycles. The maximum atomic E-state index is 11.4. The van der Waals surface area contributed by atoms with Crippen molar-refractivity contribution in [2.24, 2.45) is 22.9 Å². The molecule has 1 fully saturated rings. The Kier molecular flexibility index (Phi) is 11.3. The number of carbonyl (C=O) groups is 4. The van der Waals surface area contributed by atoms with Crippen molar-refractivity contribution >= 4 is 24.0 Å². The van der Waals surface area contributed by atoms with Gasteiger partial charge < -0.3 is 27.7 Å². The second kappa shape index (κ2) is 13.2. The fraction of sp³-hybridized carbons (Fsp3) is 0.765. The topological polar surface area (TPSA) is 185 Å². The van der Waals surface area contributed by atoms with Crippen molar-refractivity contribution in [3.8, 4) is 0 Å². The van der Waals surface area contributed by atoms with E-state index in [2.05, 4.69) is 0 Å². The van der Waals surface area contributed by atoms with E-state index >= 15 is 0 Å². The van der Waals surface area contributed by atoms with Gasteiger partial charge in [-0.3, -0.25) is 34.0 Å². The Morgan fingerprint density at radius 3 is 1.24 bits per heavy atom. The molecule has 0 aliphatic carbocycles. The third-order valence-corrected chi connectivity index (χ3v) is 4.88. The molecule has 3 amide bonds. The Hall–Kier alpha value is -2.12. The third-order valence-electron chi connectivity index (χ3n) is 4.88. The van der Waals surface area contributed by atoms with Crippen LogP contribution in [0.1, 0.15) is 0 Å². The Morgan fingerprint density at radius 1 is 0.690 bits per heavy atom. The lowest BCUT2D eigenvalue weighted by Crippen LogP contribution is -2.52. The minimum atomic E-state index is -0.463. The Bertz CT molecular complexity index is 530. The highest BCUT2D eigenvalue weighted by molar-refractivity contribution is 5.76. The van der Waals surface area contributed by atoms with Crippen LogP contribution in [0.3, 0.4) is 0 Å². The number of nitrogens with two attached hydrogens (primary N) is 4. The molecule has 29 heavy (non-hydrogen) atoms. The monoisotopic (exact) mass is 414 g/mol. The summed E-state index contributed by atoms with van der Waals surface area (Å²) < 4.78 is 0. The van der Waals surface area contributed by atoms with Crippen LogP contribution in [0.15, 0.2) is 0 Å². The van der Waals surface area contributed by atoms with Crippen LogP contribution in [0.25, 0.3) is 0 Å². The zero-order valence-corrected chi connectivity index (χ0v) is 16.9. The summed E-state index contributed by atoms with van der Waals surface area (Å²) in [5, 5.41) is 0. The molecule has 0 bridgehead atoms. The van der Waals surface area contributed by atoms with E-state index in [0.717, 1.165) is 6.29 Å². The van der Waals surface area contributed by atoms with Crippen LogP contribution in [-0.2, 0) is 19.2 Å². The summed E-state index contributed by atoms with van der Waals surface area (Å²) in [6.45, 7) is 4.33. The molecule has 8 N–H and O–H groups in total. The molecular weight excluding hydrogens is 380 g/mol. The summed E-state index contributed by atoms with van der Waals surface area (Å²) in [6.07, 6.45) is 0.803. The van der Waals surface area contributed by atoms with Crippen molar-refractivity contribution in [3.05, 3.63) is 0 Å². The molecule has 1 rings (SSSR count). The first-order chi connectivity index (χ1) is 13.7. The molecule has 1 aliphatic rings. The molecule has 0 spiro atoms. The third kappa shape index (κ3) is 10.3. The van der Waals surface area contributed by atoms with Crippen molar-refractivity contribution < 1.29 is 19.2 Å². The minimum absolute atomic E-state index is 0.0699. The largest absolute Gasteiger partial charge is 0.369 e. The highest BCUT2D eigenvalue weighted by atomic mass is 16.2. The van der Waals surface area contributed by atoms with E-state index in [4.69, 9.17) is 22.9 Å². The number of primary amides is 3. The lowest BCUT2D eigenvalue weighted by molar-refractivity contribution is -0.121. The van der Waals surface area contributed by atoms with Gasteiger partial charge in [0.2, 0.25) is 17.7 Å². The molecule has 1 unspecified atom stereocenters. The molecule has 1 saturated heterocycles. The van der Waals surface area contributed by atoms with Gasteiger partial charge in [0.05, 0.1) is 25.7 Å². The number of hydrogen-bond acceptors (Lipinski definition) is 9. The van der Waals surface area contributed by atoms with Crippen LogP contribution in [-0.4, -0.2) is 128 Å². The summed E-state index contributed by atoms with van der Waals surface area (Å²) in [4.78, 5) is 53.2. The van der Waals surface area contributed by atoms with E-state index in [-0.39, 0.29) is 26.2 Å². The summed E-state index contributed by atoms with van der Waals surface area (Å²) in [5.74, 6) is -1.37. The summed E-state index contributed by atoms with van der Waals surface area (Å²) in [5.41, 5.74) is 21.8. The van der Waals surface area contributed by atoms with Crippen molar-refractivity contribution in [2.45, 2.75) is 6.04 Å². The average Bonchev–Trinajstić information content (AvgIpc) is 2.63. The van der Waals surface area contributed by atoms with Crippen LogP contribution in [0.5, 0.6) is 0 Å². The lowest BCUT2D eigenvalue weighted by atomic mass is 10.2. The van der Waals surface area contributed by atoms with Crippen molar-refractivity contribution in [2.75, 3.05) is 78.5 Å². The highest BCUT2D eigenvalue weighted by Gasteiger charge is 2.22. The first kappa shape index (κ1) is 24.9. The van der Waals surface area contributed by atoms with E-state index in [1.807, 2.05) is 19.6 Å². The maximum Gasteiger partial charge on any atom is 0.231 e. The average molecular weight is 415 g/mol. The quantitative estimate of drug-likeness (QED) is 0.269. The SMILES string of the molecule is NCC(C=O)N1CCN(CC(N)=O)CCN(CC(N)=O)CCN(CC(N)=O)CC1. The van der Waals surface area contributed by atoms with Gasteiger partial charge in [-0.2, -0.15) is 0 Å². The second-order valence-corrected chi connectivity index (χ2v) is 7.20. The lowest BCUT2D eigenvalue weighted by Gasteiger charge is -2.35. The zero-order chi connectivity index (χ0) is 21.8. The number of rotatable bonds is 9. The van der Waals surface area contributed by atoms with Crippen molar-refractivity contribution in [1.82, 2.24) is 19.6 Å². The summed E-state index contributed by atoms with van der Waals surface area (Å²) in [7, 11) is 0. The number of carbonyl (C=O) groups excluding carboxylic acids is 4. The standard InChI is InChI=1S/C17H34N8O4/c18-9-14(13-26)25-7-5-23(11-16(20)28)3-1-22(10-15(19)27)2-4-24(6-8-25)12-17(21)29/h13-14H,1-12,18H2,(H2,19,27)(H2,20,28)(H2,21,29). The van der Waals surface area contributed by atoms with Gasteiger partial charge in [-0.25, -0.2) is 0 Å². The van der Waals surface area contributed by atoms with Crippen molar-refractivity contribution in [1.29, 1.82) is 0 Å². The van der Waals surface area contributed by atoms with Gasteiger partial charge in [0.25, 0.3) is 0 Å². The van der Waals surface area contributed by atoms with Crippen LogP contribution >= 0.6 is 0 Å². The number of hydrogen-bond donors (Lipinski definition) is 4. The van der Waals surface area contributed by atoms with E-state index in [1.165, 1.54) is 0 Å². The maximum absolute atomic E-state index is 11.4. The predicted molar refractivity (Wildman–Crippen MR) is 107 cm³/mol. The molecular formula is C17H34N8O4. The van der Waals surface area contributed by atoms with Crippen LogP contribution in [0, 0.1) is 0 Å². The van der Waals surface area contributed by atoms with Crippen LogP contribution < -0.4 is 22.9 Å². The molecule has 12 heteroatoms. The molecule has 1 heterocycles. The van der Waals surface area contributed by atoms with Gasteiger partial charge in [-0.1, -0.05) is 0 Å². The molecule has 0 aromatic carbocycles. The normalized spacial score (nSPS) is 20.3. The van der Waals surface area contributed by atoms with E-state index < -0.39 is 23.8 Å². The van der Waals surface area contributed by atoms with E-state index in [9.17, 15) is 19.2 Å². The summed E-state index contributed by atoms with van der Waals surface area (Å²) >= 11 is 0. The second-order valence-electron chi connectivity index (χ2n) is 7.20. The minimum Gasteiger partial charge on any atom is -0.369 e. The van der Waals surface area contributed by atoms with Gasteiger partial charge in [-0.15, -0.1) is 0 Å². The fourth-order valence-corrected chi connectivity index (χ4v) is 3.31. The zero-order valence-electron chi connectivity index (χ0n) is 16.9. The highest BCUT2D eigenvalue weighted by Crippen LogP contribution is 2.03. The first-order valence-corrected chi connectivity index (χ1v) is 9.66. The fourth-order valence-electron chi connectivity index (χ4n) is 3.31. The van der Waals surface area contributed by atoms with Gasteiger partial charge >= 0.3 is 0 Å². The van der Waals surface area contributed by atoms with Gasteiger partial charge in [0.15, 0.2) is 0 Å². The Morgan fingerprint density at radius 2 is 1.00 bits per heavy atom. The molecule has 0 aromatic heterocycles. The number of nitrogens with zero attached hydrogens (tertiary/aromatic N) is 4. The molecule has 0 aromatic rings. The number of amides is 3. The van der Waals surface area contributed by atoms with Gasteiger partial charge in [0, 0.05) is 58.9 Å². The van der Waals surface area contributed by atoms with Gasteiger partial charge in [0.1, 0.15) is 6.29 Å². The first-order valence-electron chi connectivity index (χ1n) is 9.66. The molecule has 1 atom stereocenters. The molecule has 12 nitrogen and oxygen atoms in total.